The second-order valence-electron chi connectivity index (χ2n) is 6.37. The van der Waals surface area contributed by atoms with Gasteiger partial charge in [-0.15, -0.1) is 0 Å². The molecule has 0 saturated carbocycles. The first kappa shape index (κ1) is 13.0. The highest BCUT2D eigenvalue weighted by Crippen LogP contribution is 2.40. The number of fused-ring (bicyclic) bond motifs is 6. The Bertz CT molecular complexity index is 424. The third-order valence-electron chi connectivity index (χ3n) is 4.31. The van der Waals surface area contributed by atoms with Gasteiger partial charge in [0.15, 0.2) is 12.1 Å². The van der Waals surface area contributed by atoms with Crippen molar-refractivity contribution < 1.29 is 23.8 Å². The summed E-state index contributed by atoms with van der Waals surface area (Å²) in [6.45, 7) is 4.52. The Balaban J connectivity index is 1.57. The van der Waals surface area contributed by atoms with Crippen LogP contribution in [0, 0.1) is 0 Å². The van der Waals surface area contributed by atoms with E-state index >= 15 is 0 Å². The Morgan fingerprint density at radius 3 is 2.95 bits per heavy atom. The van der Waals surface area contributed by atoms with E-state index in [1.54, 1.807) is 0 Å². The normalized spacial score (nSPS) is 46.3. The maximum absolute atomic E-state index is 6.03. The molecular formula is C14H21NO5. The van der Waals surface area contributed by atoms with Gasteiger partial charge in [0, 0.05) is 13.0 Å². The van der Waals surface area contributed by atoms with Crippen LogP contribution in [0.5, 0.6) is 0 Å². The van der Waals surface area contributed by atoms with Crippen molar-refractivity contribution >= 4 is 5.71 Å². The molecule has 1 unspecified atom stereocenters. The summed E-state index contributed by atoms with van der Waals surface area (Å²) in [7, 11) is 0. The molecule has 112 valence electrons. The zero-order valence-electron chi connectivity index (χ0n) is 11.9. The Morgan fingerprint density at radius 1 is 1.15 bits per heavy atom. The molecule has 0 radical (unpaired) electrons. The van der Waals surface area contributed by atoms with Crippen LogP contribution < -0.4 is 0 Å². The molecule has 4 heterocycles. The van der Waals surface area contributed by atoms with E-state index < -0.39 is 5.79 Å². The largest absolute Gasteiger partial charge is 0.392 e. The van der Waals surface area contributed by atoms with Gasteiger partial charge in [-0.1, -0.05) is 5.16 Å². The van der Waals surface area contributed by atoms with Gasteiger partial charge in [-0.05, 0) is 33.1 Å². The third kappa shape index (κ3) is 2.15. The van der Waals surface area contributed by atoms with Gasteiger partial charge in [-0.2, -0.15) is 0 Å². The zero-order valence-corrected chi connectivity index (χ0v) is 11.9. The lowest BCUT2D eigenvalue weighted by Crippen LogP contribution is -2.41. The summed E-state index contributed by atoms with van der Waals surface area (Å²) < 4.78 is 23.8. The Kier molecular flexibility index (Phi) is 3.03. The topological polar surface area (TPSA) is 58.5 Å². The van der Waals surface area contributed by atoms with Crippen molar-refractivity contribution in [2.75, 3.05) is 6.61 Å². The maximum Gasteiger partial charge on any atom is 0.190 e. The van der Waals surface area contributed by atoms with Crippen LogP contribution in [0.15, 0.2) is 5.16 Å². The van der Waals surface area contributed by atoms with Gasteiger partial charge in [0.05, 0.1) is 5.71 Å². The minimum Gasteiger partial charge on any atom is -0.392 e. The minimum atomic E-state index is -0.616. The number of nitrogens with zero attached hydrogens (tertiary/aromatic N) is 1. The lowest BCUT2D eigenvalue weighted by Gasteiger charge is -2.26. The first-order valence-electron chi connectivity index (χ1n) is 7.48. The van der Waals surface area contributed by atoms with Crippen LogP contribution in [-0.4, -0.2) is 48.8 Å². The van der Waals surface area contributed by atoms with Crippen LogP contribution in [-0.2, 0) is 23.8 Å². The van der Waals surface area contributed by atoms with E-state index in [4.69, 9.17) is 23.8 Å². The monoisotopic (exact) mass is 283 g/mol. The number of ether oxygens (including phenoxy) is 4. The SMILES string of the molecule is CC1(C)O[C@H]2O[C@@H]3C4=NOC(CCCCO[C@@H]3[C@H]2O1)C4. The zero-order chi connectivity index (χ0) is 13.7. The van der Waals surface area contributed by atoms with Crippen LogP contribution in [0.4, 0.5) is 0 Å². The Labute approximate surface area is 118 Å². The molecule has 4 rings (SSSR count). The molecule has 0 aromatic heterocycles. The number of hydrogen-bond donors (Lipinski definition) is 0. The Hall–Kier alpha value is -0.690. The van der Waals surface area contributed by atoms with Crippen LogP contribution in [0.2, 0.25) is 0 Å². The Morgan fingerprint density at radius 2 is 2.05 bits per heavy atom. The van der Waals surface area contributed by atoms with Crippen molar-refractivity contribution in [1.82, 2.24) is 0 Å². The van der Waals surface area contributed by atoms with Gasteiger partial charge in [-0.3, -0.25) is 0 Å². The summed E-state index contributed by atoms with van der Waals surface area (Å²) in [5.41, 5.74) is 0.932. The van der Waals surface area contributed by atoms with Gasteiger partial charge in [0.2, 0.25) is 0 Å². The second-order valence-corrected chi connectivity index (χ2v) is 6.37. The van der Waals surface area contributed by atoms with Gasteiger partial charge in [-0.25, -0.2) is 0 Å². The van der Waals surface area contributed by atoms with Crippen LogP contribution in [0.3, 0.4) is 0 Å². The molecule has 2 bridgehead atoms. The van der Waals surface area contributed by atoms with Crippen molar-refractivity contribution in [3.8, 4) is 0 Å². The lowest BCUT2D eigenvalue weighted by atomic mass is 9.99. The molecule has 6 heteroatoms. The lowest BCUT2D eigenvalue weighted by molar-refractivity contribution is -0.210. The molecule has 20 heavy (non-hydrogen) atoms. The van der Waals surface area contributed by atoms with E-state index in [9.17, 15) is 0 Å². The molecule has 0 aliphatic carbocycles. The molecule has 0 amide bonds. The summed E-state index contributed by atoms with van der Waals surface area (Å²) >= 11 is 0. The van der Waals surface area contributed by atoms with Crippen molar-refractivity contribution in [2.45, 2.75) is 76.0 Å². The summed E-state index contributed by atoms with van der Waals surface area (Å²) in [5, 5.41) is 4.21. The van der Waals surface area contributed by atoms with Crippen molar-refractivity contribution in [2.24, 2.45) is 5.16 Å². The average molecular weight is 283 g/mol. The highest BCUT2D eigenvalue weighted by molar-refractivity contribution is 5.90. The van der Waals surface area contributed by atoms with Gasteiger partial charge >= 0.3 is 0 Å². The average Bonchev–Trinajstić information content (AvgIpc) is 3.02. The van der Waals surface area contributed by atoms with Gasteiger partial charge < -0.3 is 23.8 Å². The van der Waals surface area contributed by atoms with Crippen molar-refractivity contribution in [1.29, 1.82) is 0 Å². The van der Waals surface area contributed by atoms with Crippen LogP contribution in [0.1, 0.15) is 39.5 Å². The van der Waals surface area contributed by atoms with E-state index in [1.165, 1.54) is 0 Å². The number of hydrogen-bond acceptors (Lipinski definition) is 6. The molecule has 0 N–H and O–H groups in total. The molecular weight excluding hydrogens is 262 g/mol. The van der Waals surface area contributed by atoms with E-state index in [2.05, 4.69) is 5.16 Å². The fraction of sp³-hybridized carbons (Fsp3) is 0.929. The van der Waals surface area contributed by atoms with Crippen LogP contribution >= 0.6 is 0 Å². The number of oxime groups is 1. The minimum absolute atomic E-state index is 0.152. The molecule has 0 aromatic carbocycles. The number of rotatable bonds is 0. The summed E-state index contributed by atoms with van der Waals surface area (Å²) in [4.78, 5) is 5.49. The molecule has 3 saturated heterocycles. The molecule has 4 aliphatic rings. The van der Waals surface area contributed by atoms with E-state index in [0.717, 1.165) is 38.0 Å². The first-order valence-corrected chi connectivity index (χ1v) is 7.48. The predicted octanol–water partition coefficient (Wildman–Crippen LogP) is 1.58. The molecule has 6 nitrogen and oxygen atoms in total. The summed E-state index contributed by atoms with van der Waals surface area (Å²) in [5.74, 6) is -0.616. The van der Waals surface area contributed by atoms with Gasteiger partial charge in [0.25, 0.3) is 0 Å². The molecule has 0 spiro atoms. The molecule has 0 aromatic rings. The fourth-order valence-electron chi connectivity index (χ4n) is 3.40. The fourth-order valence-corrected chi connectivity index (χ4v) is 3.40. The first-order chi connectivity index (χ1) is 9.62. The predicted molar refractivity (Wildman–Crippen MR) is 69.2 cm³/mol. The van der Waals surface area contributed by atoms with E-state index in [-0.39, 0.29) is 30.7 Å². The highest BCUT2D eigenvalue weighted by Gasteiger charge is 2.57. The van der Waals surface area contributed by atoms with Crippen LogP contribution in [0.25, 0.3) is 0 Å². The van der Waals surface area contributed by atoms with Gasteiger partial charge in [0.1, 0.15) is 24.4 Å². The third-order valence-corrected chi connectivity index (χ3v) is 4.31. The molecule has 5 atom stereocenters. The second kappa shape index (κ2) is 4.66. The summed E-state index contributed by atoms with van der Waals surface area (Å²) in [6.07, 6.45) is 3.27. The standard InChI is InChI=1S/C14H21NO5/c1-14(2)18-12-11-10(17-13(12)19-14)9-7-8(20-15-9)5-3-4-6-16-11/h8,10-13H,3-7H2,1-2H3/t8?,10-,11+,12-,13-/m1/s1. The quantitative estimate of drug-likeness (QED) is 0.675. The van der Waals surface area contributed by atoms with E-state index in [1.807, 2.05) is 13.8 Å². The maximum atomic E-state index is 6.03. The van der Waals surface area contributed by atoms with Crippen molar-refractivity contribution in [3.63, 3.8) is 0 Å². The molecule has 4 aliphatic heterocycles. The smallest absolute Gasteiger partial charge is 0.190 e. The summed E-state index contributed by atoms with van der Waals surface area (Å²) in [6, 6.07) is 0. The van der Waals surface area contributed by atoms with E-state index in [0.29, 0.717) is 0 Å². The highest BCUT2D eigenvalue weighted by atomic mass is 16.8. The van der Waals surface area contributed by atoms with Crippen molar-refractivity contribution in [3.05, 3.63) is 0 Å². The molecule has 3 fully saturated rings.